The zero-order valence-corrected chi connectivity index (χ0v) is 11.1. The summed E-state index contributed by atoms with van der Waals surface area (Å²) in [6, 6.07) is 0. The molecule has 1 unspecified atom stereocenters. The fourth-order valence-electron chi connectivity index (χ4n) is 0.793. The van der Waals surface area contributed by atoms with Crippen LogP contribution >= 0.6 is 39.3 Å². The molecule has 0 amide bonds. The molecule has 1 aromatic rings. The first-order valence-corrected chi connectivity index (χ1v) is 6.54. The van der Waals surface area contributed by atoms with Gasteiger partial charge in [-0.25, -0.2) is 4.98 Å². The second-order valence-electron chi connectivity index (χ2n) is 2.76. The molecule has 1 heterocycles. The molecule has 0 aliphatic heterocycles. The van der Waals surface area contributed by atoms with Crippen LogP contribution in [0.1, 0.15) is 6.92 Å². The first kappa shape index (κ1) is 12.1. The fourth-order valence-corrected chi connectivity index (χ4v) is 1.51. The zero-order valence-electron chi connectivity index (χ0n) is 7.92. The van der Waals surface area contributed by atoms with Gasteiger partial charge in [-0.1, -0.05) is 6.92 Å². The monoisotopic (exact) mass is 295 g/mol. The SMILES string of the molecule is CSC(C)CNc1nc(Cl)ncc1Br. The fraction of sp³-hybridized carbons (Fsp3) is 0.500. The van der Waals surface area contributed by atoms with Gasteiger partial charge in [-0.2, -0.15) is 16.7 Å². The maximum atomic E-state index is 5.68. The predicted octanol–water partition coefficient (Wildman–Crippen LogP) is 3.06. The quantitative estimate of drug-likeness (QED) is 0.867. The molecular weight excluding hydrogens is 286 g/mol. The van der Waals surface area contributed by atoms with Gasteiger partial charge in [0.05, 0.1) is 4.47 Å². The van der Waals surface area contributed by atoms with Gasteiger partial charge in [-0.15, -0.1) is 0 Å². The number of anilines is 1. The molecule has 6 heteroatoms. The van der Waals surface area contributed by atoms with E-state index in [0.717, 1.165) is 16.8 Å². The molecule has 3 nitrogen and oxygen atoms in total. The highest BCUT2D eigenvalue weighted by atomic mass is 79.9. The highest BCUT2D eigenvalue weighted by molar-refractivity contribution is 9.10. The van der Waals surface area contributed by atoms with E-state index in [0.29, 0.717) is 5.25 Å². The smallest absolute Gasteiger partial charge is 0.224 e. The maximum absolute atomic E-state index is 5.68. The van der Waals surface area contributed by atoms with Gasteiger partial charge in [-0.05, 0) is 33.8 Å². The normalized spacial score (nSPS) is 12.6. The van der Waals surface area contributed by atoms with E-state index in [1.54, 1.807) is 18.0 Å². The van der Waals surface area contributed by atoms with Gasteiger partial charge in [0, 0.05) is 18.0 Å². The van der Waals surface area contributed by atoms with Gasteiger partial charge in [0.15, 0.2) is 0 Å². The Hall–Kier alpha value is -0.000000000000000111. The van der Waals surface area contributed by atoms with Gasteiger partial charge in [0.2, 0.25) is 5.28 Å². The van der Waals surface area contributed by atoms with Crippen LogP contribution in [0.15, 0.2) is 10.7 Å². The highest BCUT2D eigenvalue weighted by Crippen LogP contribution is 2.20. The molecule has 1 atom stereocenters. The van der Waals surface area contributed by atoms with Crippen LogP contribution in [0, 0.1) is 0 Å². The van der Waals surface area contributed by atoms with E-state index in [-0.39, 0.29) is 5.28 Å². The third kappa shape index (κ3) is 3.63. The molecule has 78 valence electrons. The lowest BCUT2D eigenvalue weighted by molar-refractivity contribution is 0.983. The van der Waals surface area contributed by atoms with Gasteiger partial charge >= 0.3 is 0 Å². The summed E-state index contributed by atoms with van der Waals surface area (Å²) in [5.74, 6) is 0.742. The Balaban J connectivity index is 2.62. The van der Waals surface area contributed by atoms with Gasteiger partial charge in [-0.3, -0.25) is 0 Å². The number of hydrogen-bond donors (Lipinski definition) is 1. The summed E-state index contributed by atoms with van der Waals surface area (Å²) in [4.78, 5) is 7.91. The number of halogens is 2. The zero-order chi connectivity index (χ0) is 10.6. The molecule has 0 aliphatic carbocycles. The van der Waals surface area contributed by atoms with Crippen LogP contribution in [0.25, 0.3) is 0 Å². The minimum Gasteiger partial charge on any atom is -0.368 e. The van der Waals surface area contributed by atoms with Crippen LogP contribution in [0.3, 0.4) is 0 Å². The summed E-state index contributed by atoms with van der Waals surface area (Å²) in [5, 5.41) is 4.00. The minimum absolute atomic E-state index is 0.257. The molecule has 1 aromatic heterocycles. The van der Waals surface area contributed by atoms with Crippen molar-refractivity contribution in [1.29, 1.82) is 0 Å². The summed E-state index contributed by atoms with van der Waals surface area (Å²) in [6.45, 7) is 3.00. The third-order valence-corrected chi connectivity index (χ3v) is 3.41. The molecule has 0 bridgehead atoms. The average Bonchev–Trinajstić information content (AvgIpc) is 2.19. The lowest BCUT2D eigenvalue weighted by Gasteiger charge is -2.11. The summed E-state index contributed by atoms with van der Waals surface area (Å²) in [6.07, 6.45) is 3.72. The molecular formula is C8H11BrClN3S. The molecule has 0 radical (unpaired) electrons. The van der Waals surface area contributed by atoms with E-state index in [4.69, 9.17) is 11.6 Å². The van der Waals surface area contributed by atoms with Crippen molar-refractivity contribution in [2.75, 3.05) is 18.1 Å². The first-order chi connectivity index (χ1) is 6.63. The van der Waals surface area contributed by atoms with Crippen molar-refractivity contribution < 1.29 is 0 Å². The Kier molecular flexibility index (Phi) is 4.98. The summed E-state index contributed by atoms with van der Waals surface area (Å²) < 4.78 is 0.829. The van der Waals surface area contributed by atoms with Gasteiger partial charge in [0.25, 0.3) is 0 Å². The number of rotatable bonds is 4. The number of nitrogens with one attached hydrogen (secondary N) is 1. The Morgan fingerprint density at radius 3 is 3.07 bits per heavy atom. The van der Waals surface area contributed by atoms with Crippen molar-refractivity contribution >= 4 is 45.1 Å². The number of aromatic nitrogens is 2. The lowest BCUT2D eigenvalue weighted by atomic mass is 10.4. The minimum atomic E-state index is 0.257. The molecule has 0 aliphatic rings. The number of thioether (sulfide) groups is 1. The standard InChI is InChI=1S/C8H11BrClN3S/c1-5(14-2)3-11-7-6(9)4-12-8(10)13-7/h4-5H,3H2,1-2H3,(H,11,12,13). The molecule has 0 spiro atoms. The van der Waals surface area contributed by atoms with Crippen LogP contribution in [0.2, 0.25) is 5.28 Å². The summed E-state index contributed by atoms with van der Waals surface area (Å²) >= 11 is 10.8. The second-order valence-corrected chi connectivity index (χ2v) is 5.23. The largest absolute Gasteiger partial charge is 0.368 e. The molecule has 14 heavy (non-hydrogen) atoms. The van der Waals surface area contributed by atoms with Crippen LogP contribution < -0.4 is 5.32 Å². The van der Waals surface area contributed by atoms with Crippen LogP contribution in [0.5, 0.6) is 0 Å². The van der Waals surface area contributed by atoms with Crippen LogP contribution in [0.4, 0.5) is 5.82 Å². The summed E-state index contributed by atoms with van der Waals surface area (Å²) in [5.41, 5.74) is 0. The molecule has 0 aromatic carbocycles. The van der Waals surface area contributed by atoms with E-state index in [2.05, 4.69) is 44.4 Å². The van der Waals surface area contributed by atoms with E-state index < -0.39 is 0 Å². The van der Waals surface area contributed by atoms with Crippen molar-refractivity contribution in [3.05, 3.63) is 16.0 Å². The molecule has 1 rings (SSSR count). The van der Waals surface area contributed by atoms with Gasteiger partial charge < -0.3 is 5.32 Å². The first-order valence-electron chi connectivity index (χ1n) is 4.08. The van der Waals surface area contributed by atoms with Crippen LogP contribution in [-0.2, 0) is 0 Å². The van der Waals surface area contributed by atoms with Crippen molar-refractivity contribution in [3.63, 3.8) is 0 Å². The number of nitrogens with zero attached hydrogens (tertiary/aromatic N) is 2. The van der Waals surface area contributed by atoms with Crippen molar-refractivity contribution in [3.8, 4) is 0 Å². The Labute approximate surface area is 101 Å². The van der Waals surface area contributed by atoms with Gasteiger partial charge in [0.1, 0.15) is 5.82 Å². The molecule has 0 saturated heterocycles. The van der Waals surface area contributed by atoms with E-state index in [1.807, 2.05) is 0 Å². The maximum Gasteiger partial charge on any atom is 0.224 e. The molecule has 0 saturated carbocycles. The molecule has 0 fully saturated rings. The topological polar surface area (TPSA) is 37.8 Å². The lowest BCUT2D eigenvalue weighted by Crippen LogP contribution is -2.14. The van der Waals surface area contributed by atoms with Crippen molar-refractivity contribution in [2.45, 2.75) is 12.2 Å². The Morgan fingerprint density at radius 2 is 2.43 bits per heavy atom. The van der Waals surface area contributed by atoms with E-state index >= 15 is 0 Å². The number of hydrogen-bond acceptors (Lipinski definition) is 4. The second kappa shape index (κ2) is 5.78. The third-order valence-electron chi connectivity index (χ3n) is 1.67. The summed E-state index contributed by atoms with van der Waals surface area (Å²) in [7, 11) is 0. The molecule has 1 N–H and O–H groups in total. The predicted molar refractivity (Wildman–Crippen MR) is 66.2 cm³/mol. The Morgan fingerprint density at radius 1 is 1.71 bits per heavy atom. The average molecular weight is 297 g/mol. The van der Waals surface area contributed by atoms with E-state index in [9.17, 15) is 0 Å². The van der Waals surface area contributed by atoms with Crippen molar-refractivity contribution in [2.24, 2.45) is 0 Å². The Bertz CT molecular complexity index is 311. The van der Waals surface area contributed by atoms with Crippen molar-refractivity contribution in [1.82, 2.24) is 9.97 Å². The van der Waals surface area contributed by atoms with Crippen LogP contribution in [-0.4, -0.2) is 28.0 Å². The van der Waals surface area contributed by atoms with E-state index in [1.165, 1.54) is 0 Å². The highest BCUT2D eigenvalue weighted by Gasteiger charge is 2.05.